The molecule has 0 aromatic heterocycles. The maximum atomic E-state index is 5.37. The first-order valence-electron chi connectivity index (χ1n) is 7.54. The van der Waals surface area contributed by atoms with Gasteiger partial charge in [0.25, 0.3) is 0 Å². The number of rotatable bonds is 6. The number of benzene rings is 2. The van der Waals surface area contributed by atoms with Gasteiger partial charge >= 0.3 is 0 Å². The number of halogens is 1. The molecule has 2 N–H and O–H groups in total. The van der Waals surface area contributed by atoms with Crippen LogP contribution >= 0.6 is 15.9 Å². The number of hydrogen-bond donors (Lipinski definition) is 2. The summed E-state index contributed by atoms with van der Waals surface area (Å²) < 4.78 is 6.45. The molecule has 2 rings (SSSR count). The molecule has 0 radical (unpaired) electrons. The van der Waals surface area contributed by atoms with Crippen LogP contribution in [0.25, 0.3) is 0 Å². The number of para-hydroxylation sites is 1. The molecule has 2 aromatic carbocycles. The van der Waals surface area contributed by atoms with Crippen molar-refractivity contribution in [2.75, 3.05) is 20.7 Å². The predicted octanol–water partition coefficient (Wildman–Crippen LogP) is 3.37. The van der Waals surface area contributed by atoms with Crippen LogP contribution in [-0.2, 0) is 13.0 Å². The van der Waals surface area contributed by atoms with Gasteiger partial charge in [-0.05, 0) is 35.7 Å². The molecule has 122 valence electrons. The molecule has 0 fully saturated rings. The molecule has 5 heteroatoms. The molecule has 0 aliphatic rings. The van der Waals surface area contributed by atoms with Gasteiger partial charge in [-0.2, -0.15) is 0 Å². The summed E-state index contributed by atoms with van der Waals surface area (Å²) in [5.41, 5.74) is 2.40. The summed E-state index contributed by atoms with van der Waals surface area (Å²) in [6.45, 7) is 1.53. The second-order valence-electron chi connectivity index (χ2n) is 5.04. The van der Waals surface area contributed by atoms with Crippen molar-refractivity contribution >= 4 is 21.9 Å². The normalized spacial score (nSPS) is 11.2. The standard InChI is InChI=1S/C18H22BrN3O/c1-20-18(22-13-14-7-9-16(19)10-8-14)21-12-11-15-5-3-4-6-17(15)23-2/h3-10H,11-13H2,1-2H3,(H2,20,21,22). The lowest BCUT2D eigenvalue weighted by atomic mass is 10.1. The van der Waals surface area contributed by atoms with Crippen LogP contribution in [0.4, 0.5) is 0 Å². The van der Waals surface area contributed by atoms with Gasteiger partial charge in [-0.1, -0.05) is 46.3 Å². The van der Waals surface area contributed by atoms with Crippen LogP contribution in [0, 0.1) is 0 Å². The fourth-order valence-corrected chi connectivity index (χ4v) is 2.50. The Morgan fingerprint density at radius 3 is 2.52 bits per heavy atom. The zero-order valence-electron chi connectivity index (χ0n) is 13.5. The van der Waals surface area contributed by atoms with Crippen molar-refractivity contribution in [3.05, 3.63) is 64.1 Å². The number of aliphatic imine (C=N–C) groups is 1. The molecule has 2 aromatic rings. The Morgan fingerprint density at radius 2 is 1.83 bits per heavy atom. The van der Waals surface area contributed by atoms with Crippen molar-refractivity contribution in [2.45, 2.75) is 13.0 Å². The fourth-order valence-electron chi connectivity index (χ4n) is 2.23. The molecule has 0 bridgehead atoms. The van der Waals surface area contributed by atoms with Crippen molar-refractivity contribution in [1.29, 1.82) is 0 Å². The van der Waals surface area contributed by atoms with E-state index in [2.05, 4.69) is 49.8 Å². The van der Waals surface area contributed by atoms with E-state index in [4.69, 9.17) is 4.74 Å². The largest absolute Gasteiger partial charge is 0.496 e. The average molecular weight is 376 g/mol. The third-order valence-electron chi connectivity index (χ3n) is 3.48. The van der Waals surface area contributed by atoms with Crippen LogP contribution in [0.15, 0.2) is 58.0 Å². The van der Waals surface area contributed by atoms with E-state index in [1.807, 2.05) is 30.3 Å². The molecular formula is C18H22BrN3O. The molecule has 0 unspecified atom stereocenters. The molecule has 0 heterocycles. The summed E-state index contributed by atoms with van der Waals surface area (Å²) in [7, 11) is 3.48. The van der Waals surface area contributed by atoms with Crippen LogP contribution in [-0.4, -0.2) is 26.7 Å². The number of nitrogens with one attached hydrogen (secondary N) is 2. The van der Waals surface area contributed by atoms with Crippen molar-refractivity contribution < 1.29 is 4.74 Å². The Kier molecular flexibility index (Phi) is 6.94. The Hall–Kier alpha value is -2.01. The fraction of sp³-hybridized carbons (Fsp3) is 0.278. The van der Waals surface area contributed by atoms with Crippen LogP contribution in [0.2, 0.25) is 0 Å². The summed E-state index contributed by atoms with van der Waals surface area (Å²) in [4.78, 5) is 4.25. The Labute approximate surface area is 146 Å². The van der Waals surface area contributed by atoms with E-state index in [1.54, 1.807) is 14.2 Å². The Morgan fingerprint density at radius 1 is 1.09 bits per heavy atom. The molecule has 0 aliphatic carbocycles. The monoisotopic (exact) mass is 375 g/mol. The van der Waals surface area contributed by atoms with Crippen LogP contribution < -0.4 is 15.4 Å². The highest BCUT2D eigenvalue weighted by Gasteiger charge is 2.02. The van der Waals surface area contributed by atoms with E-state index in [0.29, 0.717) is 0 Å². The summed E-state index contributed by atoms with van der Waals surface area (Å²) in [5.74, 6) is 1.72. The van der Waals surface area contributed by atoms with Crippen molar-refractivity contribution in [2.24, 2.45) is 4.99 Å². The first-order valence-corrected chi connectivity index (χ1v) is 8.33. The number of ether oxygens (including phenoxy) is 1. The molecule has 0 amide bonds. The zero-order valence-corrected chi connectivity index (χ0v) is 15.1. The quantitative estimate of drug-likeness (QED) is 0.600. The maximum Gasteiger partial charge on any atom is 0.191 e. The van der Waals surface area contributed by atoms with Crippen LogP contribution in [0.3, 0.4) is 0 Å². The minimum Gasteiger partial charge on any atom is -0.496 e. The lowest BCUT2D eigenvalue weighted by molar-refractivity contribution is 0.409. The maximum absolute atomic E-state index is 5.37. The molecule has 0 atom stereocenters. The minimum absolute atomic E-state index is 0.738. The molecule has 0 aliphatic heterocycles. The lowest BCUT2D eigenvalue weighted by Gasteiger charge is -2.13. The smallest absolute Gasteiger partial charge is 0.191 e. The van der Waals surface area contributed by atoms with Gasteiger partial charge in [0.15, 0.2) is 5.96 Å². The zero-order chi connectivity index (χ0) is 16.5. The predicted molar refractivity (Wildman–Crippen MR) is 99.0 cm³/mol. The van der Waals surface area contributed by atoms with Crippen LogP contribution in [0.1, 0.15) is 11.1 Å². The Bertz CT molecular complexity index is 641. The van der Waals surface area contributed by atoms with E-state index in [-0.39, 0.29) is 0 Å². The van der Waals surface area contributed by atoms with Crippen molar-refractivity contribution in [3.8, 4) is 5.75 Å². The van der Waals surface area contributed by atoms with E-state index < -0.39 is 0 Å². The first-order chi connectivity index (χ1) is 11.2. The number of nitrogens with zero attached hydrogens (tertiary/aromatic N) is 1. The number of methoxy groups -OCH3 is 1. The highest BCUT2D eigenvalue weighted by atomic mass is 79.9. The van der Waals surface area contributed by atoms with Gasteiger partial charge in [0.1, 0.15) is 5.75 Å². The van der Waals surface area contributed by atoms with Gasteiger partial charge in [-0.15, -0.1) is 0 Å². The van der Waals surface area contributed by atoms with E-state index in [9.17, 15) is 0 Å². The minimum atomic E-state index is 0.738. The molecular weight excluding hydrogens is 354 g/mol. The van der Waals surface area contributed by atoms with Crippen LogP contribution in [0.5, 0.6) is 5.75 Å². The first kappa shape index (κ1) is 17.3. The summed E-state index contributed by atoms with van der Waals surface area (Å²) in [5, 5.41) is 6.64. The van der Waals surface area contributed by atoms with E-state index in [1.165, 1.54) is 11.1 Å². The molecule has 0 saturated carbocycles. The number of hydrogen-bond acceptors (Lipinski definition) is 2. The third-order valence-corrected chi connectivity index (χ3v) is 4.00. The Balaban J connectivity index is 1.80. The summed E-state index contributed by atoms with van der Waals surface area (Å²) in [6, 6.07) is 16.3. The van der Waals surface area contributed by atoms with Gasteiger partial charge in [0.2, 0.25) is 0 Å². The highest BCUT2D eigenvalue weighted by molar-refractivity contribution is 9.10. The van der Waals surface area contributed by atoms with Gasteiger partial charge in [-0.25, -0.2) is 0 Å². The van der Waals surface area contributed by atoms with Gasteiger partial charge in [0.05, 0.1) is 7.11 Å². The third kappa shape index (κ3) is 5.60. The number of guanidine groups is 1. The van der Waals surface area contributed by atoms with Gasteiger partial charge in [0, 0.05) is 24.6 Å². The lowest BCUT2D eigenvalue weighted by Crippen LogP contribution is -2.37. The second-order valence-corrected chi connectivity index (χ2v) is 5.96. The van der Waals surface area contributed by atoms with E-state index >= 15 is 0 Å². The summed E-state index contributed by atoms with van der Waals surface area (Å²) in [6.07, 6.45) is 0.878. The molecule has 4 nitrogen and oxygen atoms in total. The summed E-state index contributed by atoms with van der Waals surface area (Å²) >= 11 is 3.44. The van der Waals surface area contributed by atoms with Gasteiger partial charge < -0.3 is 15.4 Å². The molecule has 23 heavy (non-hydrogen) atoms. The molecule has 0 saturated heterocycles. The average Bonchev–Trinajstić information content (AvgIpc) is 2.59. The van der Waals surface area contributed by atoms with Crippen molar-refractivity contribution in [1.82, 2.24) is 10.6 Å². The van der Waals surface area contributed by atoms with Crippen molar-refractivity contribution in [3.63, 3.8) is 0 Å². The highest BCUT2D eigenvalue weighted by Crippen LogP contribution is 2.17. The topological polar surface area (TPSA) is 45.7 Å². The SMILES string of the molecule is CN=C(NCCc1ccccc1OC)NCc1ccc(Br)cc1. The second kappa shape index (κ2) is 9.20. The van der Waals surface area contributed by atoms with E-state index in [0.717, 1.165) is 35.7 Å². The molecule has 0 spiro atoms. The van der Waals surface area contributed by atoms with Gasteiger partial charge in [-0.3, -0.25) is 4.99 Å².